The molecule has 0 bridgehead atoms. The first-order valence-corrected chi connectivity index (χ1v) is 5.44. The zero-order chi connectivity index (χ0) is 8.32. The minimum atomic E-state index is -2.75. The predicted octanol–water partition coefficient (Wildman–Crippen LogP) is -0.0361. The van der Waals surface area contributed by atoms with Gasteiger partial charge in [-0.1, -0.05) is 6.08 Å². The van der Waals surface area contributed by atoms with Crippen LogP contribution in [0.5, 0.6) is 0 Å². The van der Waals surface area contributed by atoms with Gasteiger partial charge in [0.2, 0.25) is 0 Å². The summed E-state index contributed by atoms with van der Waals surface area (Å²) < 4.78 is 21.8. The second kappa shape index (κ2) is 3.36. The van der Waals surface area contributed by atoms with E-state index in [-0.39, 0.29) is 11.8 Å². The largest absolute Gasteiger partial charge is 0.233 e. The van der Waals surface area contributed by atoms with Crippen molar-refractivity contribution in [2.75, 3.05) is 18.1 Å². The van der Waals surface area contributed by atoms with E-state index in [0.717, 1.165) is 0 Å². The molecule has 1 radical (unpaired) electrons. The van der Waals surface area contributed by atoms with Crippen LogP contribution >= 0.6 is 0 Å². The van der Waals surface area contributed by atoms with Gasteiger partial charge in [-0.15, -0.1) is 6.58 Å². The molecular weight excluding hydrogens is 162 g/mol. The van der Waals surface area contributed by atoms with Crippen molar-refractivity contribution in [2.24, 2.45) is 0 Å². The van der Waals surface area contributed by atoms with Crippen LogP contribution < -0.4 is 5.32 Å². The molecule has 0 aromatic rings. The molecule has 1 heterocycles. The molecule has 1 rings (SSSR count). The Morgan fingerprint density at radius 3 is 2.82 bits per heavy atom. The molecule has 1 atom stereocenters. The maximum absolute atomic E-state index is 10.9. The van der Waals surface area contributed by atoms with Gasteiger partial charge in [-0.2, -0.15) is 0 Å². The second-order valence-corrected chi connectivity index (χ2v) is 4.94. The first kappa shape index (κ1) is 8.74. The van der Waals surface area contributed by atoms with Crippen LogP contribution in [0.15, 0.2) is 12.7 Å². The van der Waals surface area contributed by atoms with Crippen molar-refractivity contribution in [3.05, 3.63) is 12.7 Å². The molecule has 0 aromatic carbocycles. The monoisotopic (exact) mass is 174 g/mol. The van der Waals surface area contributed by atoms with Crippen molar-refractivity contribution >= 4 is 9.84 Å². The van der Waals surface area contributed by atoms with Crippen molar-refractivity contribution < 1.29 is 8.42 Å². The molecule has 0 aliphatic carbocycles. The Hall–Kier alpha value is -0.350. The van der Waals surface area contributed by atoms with Gasteiger partial charge < -0.3 is 0 Å². The zero-order valence-corrected chi connectivity index (χ0v) is 7.18. The third-order valence-corrected chi connectivity index (χ3v) is 3.45. The summed E-state index contributed by atoms with van der Waals surface area (Å²) in [6.45, 7) is 4.08. The average molecular weight is 174 g/mol. The van der Waals surface area contributed by atoms with Crippen LogP contribution in [0.2, 0.25) is 0 Å². The van der Waals surface area contributed by atoms with Gasteiger partial charge in [0, 0.05) is 12.6 Å². The van der Waals surface area contributed by atoms with Gasteiger partial charge in [0.25, 0.3) is 0 Å². The SMILES string of the molecule is C=CC[N]C1CCS(=O)(=O)C1. The summed E-state index contributed by atoms with van der Waals surface area (Å²) in [4.78, 5) is 0. The highest BCUT2D eigenvalue weighted by atomic mass is 32.2. The van der Waals surface area contributed by atoms with E-state index < -0.39 is 9.84 Å². The van der Waals surface area contributed by atoms with Crippen LogP contribution in [0.4, 0.5) is 0 Å². The minimum Gasteiger partial charge on any atom is -0.233 e. The number of hydrogen-bond donors (Lipinski definition) is 0. The summed E-state index contributed by atoms with van der Waals surface area (Å²) in [5.74, 6) is 0.541. The maximum atomic E-state index is 10.9. The quantitative estimate of drug-likeness (QED) is 0.564. The fourth-order valence-corrected chi connectivity index (χ4v) is 2.80. The van der Waals surface area contributed by atoms with Crippen molar-refractivity contribution in [1.82, 2.24) is 5.32 Å². The summed E-state index contributed by atoms with van der Waals surface area (Å²) in [6, 6.07) is 0.0259. The highest BCUT2D eigenvalue weighted by Gasteiger charge is 2.27. The molecule has 3 nitrogen and oxygen atoms in total. The zero-order valence-electron chi connectivity index (χ0n) is 6.36. The van der Waals surface area contributed by atoms with Gasteiger partial charge in [0.05, 0.1) is 11.5 Å². The molecule has 11 heavy (non-hydrogen) atoms. The van der Waals surface area contributed by atoms with Crippen LogP contribution in [-0.2, 0) is 9.84 Å². The highest BCUT2D eigenvalue weighted by molar-refractivity contribution is 7.91. The van der Waals surface area contributed by atoms with E-state index in [1.165, 1.54) is 0 Å². The Morgan fingerprint density at radius 2 is 2.36 bits per heavy atom. The first-order valence-electron chi connectivity index (χ1n) is 3.62. The number of hydrogen-bond acceptors (Lipinski definition) is 2. The molecule has 0 amide bonds. The molecule has 1 saturated heterocycles. The predicted molar refractivity (Wildman–Crippen MR) is 44.3 cm³/mol. The van der Waals surface area contributed by atoms with Crippen LogP contribution in [0, 0.1) is 0 Å². The number of rotatable bonds is 3. The van der Waals surface area contributed by atoms with Crippen LogP contribution in [0.1, 0.15) is 6.42 Å². The van der Waals surface area contributed by atoms with E-state index in [1.807, 2.05) is 0 Å². The highest BCUT2D eigenvalue weighted by Crippen LogP contribution is 2.11. The van der Waals surface area contributed by atoms with Gasteiger partial charge in [0.15, 0.2) is 9.84 Å². The number of nitrogens with zero attached hydrogens (tertiary/aromatic N) is 1. The average Bonchev–Trinajstić information content (AvgIpc) is 2.26. The topological polar surface area (TPSA) is 48.2 Å². The third kappa shape index (κ3) is 2.63. The molecular formula is C7H12NO2S. The Kier molecular flexibility index (Phi) is 2.67. The van der Waals surface area contributed by atoms with Crippen LogP contribution in [0.3, 0.4) is 0 Å². The van der Waals surface area contributed by atoms with Crippen molar-refractivity contribution in [1.29, 1.82) is 0 Å². The van der Waals surface area contributed by atoms with Gasteiger partial charge in [0.1, 0.15) is 0 Å². The minimum absolute atomic E-state index is 0.0259. The smallest absolute Gasteiger partial charge is 0.151 e. The van der Waals surface area contributed by atoms with Crippen molar-refractivity contribution in [2.45, 2.75) is 12.5 Å². The van der Waals surface area contributed by atoms with Gasteiger partial charge in [-0.25, -0.2) is 13.7 Å². The van der Waals surface area contributed by atoms with Crippen LogP contribution in [0.25, 0.3) is 0 Å². The molecule has 0 saturated carbocycles. The van der Waals surface area contributed by atoms with Gasteiger partial charge in [-0.05, 0) is 6.42 Å². The summed E-state index contributed by atoms with van der Waals surface area (Å²) in [5.41, 5.74) is 0. The van der Waals surface area contributed by atoms with Crippen LogP contribution in [-0.4, -0.2) is 32.5 Å². The summed E-state index contributed by atoms with van der Waals surface area (Å²) in [7, 11) is -2.75. The Bertz CT molecular complexity index is 233. The van der Waals surface area contributed by atoms with Gasteiger partial charge in [-0.3, -0.25) is 0 Å². The van der Waals surface area contributed by atoms with Gasteiger partial charge >= 0.3 is 0 Å². The lowest BCUT2D eigenvalue weighted by Crippen LogP contribution is -2.23. The first-order chi connectivity index (χ1) is 5.14. The third-order valence-electron chi connectivity index (χ3n) is 1.70. The fourth-order valence-electron chi connectivity index (χ4n) is 1.14. The van der Waals surface area contributed by atoms with E-state index in [1.54, 1.807) is 6.08 Å². The Balaban J connectivity index is 2.36. The Morgan fingerprint density at radius 1 is 1.64 bits per heavy atom. The van der Waals surface area contributed by atoms with E-state index in [2.05, 4.69) is 11.9 Å². The molecule has 63 valence electrons. The molecule has 1 aliphatic heterocycles. The van der Waals surface area contributed by atoms with E-state index in [9.17, 15) is 8.42 Å². The molecule has 0 N–H and O–H groups in total. The molecule has 0 spiro atoms. The lowest BCUT2D eigenvalue weighted by Gasteiger charge is -2.03. The fraction of sp³-hybridized carbons (Fsp3) is 0.714. The maximum Gasteiger partial charge on any atom is 0.151 e. The summed E-state index contributed by atoms with van der Waals surface area (Å²) in [5, 5.41) is 4.14. The second-order valence-electron chi connectivity index (χ2n) is 2.71. The van der Waals surface area contributed by atoms with Crippen molar-refractivity contribution in [3.63, 3.8) is 0 Å². The van der Waals surface area contributed by atoms with E-state index >= 15 is 0 Å². The normalized spacial score (nSPS) is 28.5. The lowest BCUT2D eigenvalue weighted by molar-refractivity contribution is 0.576. The molecule has 1 unspecified atom stereocenters. The van der Waals surface area contributed by atoms with E-state index in [4.69, 9.17) is 0 Å². The lowest BCUT2D eigenvalue weighted by atomic mass is 10.3. The van der Waals surface area contributed by atoms with Crippen molar-refractivity contribution in [3.8, 4) is 0 Å². The summed E-state index contributed by atoms with van der Waals surface area (Å²) in [6.07, 6.45) is 2.38. The number of sulfone groups is 1. The standard InChI is InChI=1S/C7H12NO2S/c1-2-4-8-7-3-5-11(9,10)6-7/h2,7H,1,3-6H2. The Labute approximate surface area is 67.4 Å². The molecule has 0 aromatic heterocycles. The summed E-state index contributed by atoms with van der Waals surface area (Å²) >= 11 is 0. The molecule has 1 fully saturated rings. The van der Waals surface area contributed by atoms with E-state index in [0.29, 0.717) is 18.7 Å². The molecule has 1 aliphatic rings. The molecule has 4 heteroatoms.